The van der Waals surface area contributed by atoms with E-state index in [0.29, 0.717) is 6.54 Å². The molecule has 0 saturated carbocycles. The molecule has 1 aromatic rings. The van der Waals surface area contributed by atoms with Gasteiger partial charge in [-0.05, 0) is 5.56 Å². The van der Waals surface area contributed by atoms with Gasteiger partial charge in [0.15, 0.2) is 0 Å². The monoisotopic (exact) mass is 190 g/mol. The third-order valence-electron chi connectivity index (χ3n) is 1.82. The quantitative estimate of drug-likeness (QED) is 0.671. The molecule has 0 bridgehead atoms. The maximum Gasteiger partial charge on any atom is 0.453 e. The van der Waals surface area contributed by atoms with Crippen molar-refractivity contribution < 1.29 is 9.90 Å². The van der Waals surface area contributed by atoms with Crippen molar-refractivity contribution in [2.24, 2.45) is 0 Å². The van der Waals surface area contributed by atoms with Crippen LogP contribution in [0.25, 0.3) is 0 Å². The highest BCUT2D eigenvalue weighted by molar-refractivity contribution is 5.64. The van der Waals surface area contributed by atoms with E-state index in [9.17, 15) is 9.90 Å². The molecule has 0 spiro atoms. The lowest BCUT2D eigenvalue weighted by Gasteiger charge is -2.15. The zero-order chi connectivity index (χ0) is 10.4. The summed E-state index contributed by atoms with van der Waals surface area (Å²) in [5, 5.41) is 10.7. The van der Waals surface area contributed by atoms with E-state index in [1.54, 1.807) is 6.08 Å². The van der Waals surface area contributed by atoms with Gasteiger partial charge in [0.05, 0.1) is 0 Å². The van der Waals surface area contributed by atoms with E-state index in [1.807, 2.05) is 30.3 Å². The summed E-state index contributed by atoms with van der Waals surface area (Å²) in [5.41, 5.74) is 0.943. The average molecular weight is 190 g/mol. The Morgan fingerprint density at radius 3 is 2.50 bits per heavy atom. The summed E-state index contributed by atoms with van der Waals surface area (Å²) in [6, 6.07) is 9.38. The fourth-order valence-electron chi connectivity index (χ4n) is 1.16. The maximum absolute atomic E-state index is 10.7. The van der Waals surface area contributed by atoms with Crippen molar-refractivity contribution in [1.82, 2.24) is 4.90 Å². The van der Waals surface area contributed by atoms with Crippen molar-refractivity contribution in [1.29, 1.82) is 0 Å². The smallest absolute Gasteiger partial charge is 0.297 e. The second-order valence-corrected chi connectivity index (χ2v) is 2.92. The summed E-state index contributed by atoms with van der Waals surface area (Å²) in [5.74, 6) is 0. The van der Waals surface area contributed by atoms with E-state index in [4.69, 9.17) is 0 Å². The lowest BCUT2D eigenvalue weighted by Crippen LogP contribution is -2.28. The summed E-state index contributed by atoms with van der Waals surface area (Å²) in [7, 11) is 0. The molecule has 3 nitrogen and oxygen atoms in total. The molecule has 1 aromatic carbocycles. The molecule has 1 radical (unpaired) electrons. The van der Waals surface area contributed by atoms with E-state index >= 15 is 0 Å². The Morgan fingerprint density at radius 2 is 2.00 bits per heavy atom. The Kier molecular flexibility index (Phi) is 3.73. The molecular formula is C11H12NO2. The minimum Gasteiger partial charge on any atom is -0.297 e. The Morgan fingerprint density at radius 1 is 1.36 bits per heavy atom. The lowest BCUT2D eigenvalue weighted by atomic mass is 10.2. The second kappa shape index (κ2) is 5.07. The predicted octanol–water partition coefficient (Wildman–Crippen LogP) is 2.23. The van der Waals surface area contributed by atoms with E-state index in [2.05, 4.69) is 6.58 Å². The highest BCUT2D eigenvalue weighted by atomic mass is 16.4. The van der Waals surface area contributed by atoms with E-state index in [-0.39, 0.29) is 6.54 Å². The van der Waals surface area contributed by atoms with Crippen LogP contribution in [-0.2, 0) is 11.7 Å². The van der Waals surface area contributed by atoms with E-state index < -0.39 is 6.09 Å². The van der Waals surface area contributed by atoms with Gasteiger partial charge >= 0.3 is 6.09 Å². The zero-order valence-electron chi connectivity index (χ0n) is 7.85. The molecule has 0 saturated heterocycles. The van der Waals surface area contributed by atoms with Crippen LogP contribution >= 0.6 is 0 Å². The second-order valence-electron chi connectivity index (χ2n) is 2.92. The van der Waals surface area contributed by atoms with Crippen LogP contribution < -0.4 is 0 Å². The van der Waals surface area contributed by atoms with Crippen molar-refractivity contribution in [2.45, 2.75) is 6.54 Å². The maximum atomic E-state index is 10.7. The molecule has 0 N–H and O–H groups in total. The van der Waals surface area contributed by atoms with Crippen molar-refractivity contribution in [2.75, 3.05) is 6.54 Å². The predicted molar refractivity (Wildman–Crippen MR) is 53.1 cm³/mol. The Balaban J connectivity index is 2.64. The fraction of sp³-hybridized carbons (Fsp3) is 0.182. The largest absolute Gasteiger partial charge is 0.453 e. The molecule has 1 rings (SSSR count). The van der Waals surface area contributed by atoms with Gasteiger partial charge in [-0.3, -0.25) is 4.90 Å². The van der Waals surface area contributed by atoms with Gasteiger partial charge in [0.2, 0.25) is 0 Å². The van der Waals surface area contributed by atoms with Crippen molar-refractivity contribution in [3.63, 3.8) is 0 Å². The van der Waals surface area contributed by atoms with Crippen LogP contribution in [0.4, 0.5) is 4.79 Å². The molecule has 14 heavy (non-hydrogen) atoms. The number of amides is 1. The Hall–Kier alpha value is -1.77. The summed E-state index contributed by atoms with van der Waals surface area (Å²) < 4.78 is 0. The summed E-state index contributed by atoms with van der Waals surface area (Å²) in [6.07, 6.45) is 0.368. The van der Waals surface area contributed by atoms with Gasteiger partial charge in [-0.1, -0.05) is 36.4 Å². The van der Waals surface area contributed by atoms with Crippen molar-refractivity contribution in [3.05, 3.63) is 48.6 Å². The normalized spacial score (nSPS) is 9.43. The minimum absolute atomic E-state index is 0.289. The van der Waals surface area contributed by atoms with Crippen LogP contribution in [0.1, 0.15) is 5.56 Å². The Bertz CT molecular complexity index is 308. The molecule has 1 amide bonds. The topological polar surface area (TPSA) is 40.2 Å². The van der Waals surface area contributed by atoms with Gasteiger partial charge in [-0.15, -0.1) is 6.58 Å². The number of carbonyl (C=O) groups is 1. The van der Waals surface area contributed by atoms with Crippen molar-refractivity contribution >= 4 is 6.09 Å². The third kappa shape index (κ3) is 2.94. The number of carbonyl (C=O) groups excluding carboxylic acids is 1. The standard InChI is InChI=1S/C11H12NO2/c1-2-8-12(11(13)14)9-10-6-4-3-5-7-10/h2-7H,1,8-9H2. The third-order valence-corrected chi connectivity index (χ3v) is 1.82. The number of hydrogen-bond donors (Lipinski definition) is 0. The zero-order valence-corrected chi connectivity index (χ0v) is 7.85. The van der Waals surface area contributed by atoms with Crippen LogP contribution in [0.15, 0.2) is 43.0 Å². The van der Waals surface area contributed by atoms with Crippen LogP contribution in [-0.4, -0.2) is 17.5 Å². The molecule has 73 valence electrons. The Labute approximate surface area is 83.3 Å². The number of rotatable bonds is 4. The highest BCUT2D eigenvalue weighted by Crippen LogP contribution is 2.04. The van der Waals surface area contributed by atoms with Gasteiger partial charge in [0.25, 0.3) is 0 Å². The number of nitrogens with zero attached hydrogens (tertiary/aromatic N) is 1. The fourth-order valence-corrected chi connectivity index (χ4v) is 1.16. The van der Waals surface area contributed by atoms with Crippen LogP contribution in [0.3, 0.4) is 0 Å². The molecule has 3 heteroatoms. The van der Waals surface area contributed by atoms with Gasteiger partial charge < -0.3 is 0 Å². The first-order chi connectivity index (χ1) is 6.74. The number of benzene rings is 1. The van der Waals surface area contributed by atoms with Gasteiger partial charge in [-0.25, -0.2) is 9.90 Å². The number of hydrogen-bond acceptors (Lipinski definition) is 1. The van der Waals surface area contributed by atoms with Gasteiger partial charge in [-0.2, -0.15) is 0 Å². The first-order valence-corrected chi connectivity index (χ1v) is 4.35. The highest BCUT2D eigenvalue weighted by Gasteiger charge is 2.11. The van der Waals surface area contributed by atoms with Crippen LogP contribution in [0, 0.1) is 0 Å². The molecule has 0 fully saturated rings. The molecule has 0 aliphatic rings. The molecule has 0 aliphatic carbocycles. The first-order valence-electron chi connectivity index (χ1n) is 4.35. The van der Waals surface area contributed by atoms with Gasteiger partial charge in [0, 0.05) is 13.1 Å². The SMILES string of the molecule is C=CCN(Cc1ccccc1)C([O])=O. The van der Waals surface area contributed by atoms with Crippen LogP contribution in [0.2, 0.25) is 0 Å². The summed E-state index contributed by atoms with van der Waals surface area (Å²) in [6.45, 7) is 4.12. The van der Waals surface area contributed by atoms with Gasteiger partial charge in [0.1, 0.15) is 0 Å². The van der Waals surface area contributed by atoms with E-state index in [1.165, 1.54) is 4.90 Å². The van der Waals surface area contributed by atoms with Crippen molar-refractivity contribution in [3.8, 4) is 0 Å². The molecular weight excluding hydrogens is 178 g/mol. The minimum atomic E-state index is -1.17. The molecule has 0 heterocycles. The summed E-state index contributed by atoms with van der Waals surface area (Å²) >= 11 is 0. The average Bonchev–Trinajstić information content (AvgIpc) is 2.18. The molecule has 0 aliphatic heterocycles. The molecule has 0 atom stereocenters. The van der Waals surface area contributed by atoms with Crippen LogP contribution in [0.5, 0.6) is 0 Å². The molecule has 0 aromatic heterocycles. The lowest BCUT2D eigenvalue weighted by molar-refractivity contribution is 0.122. The summed E-state index contributed by atoms with van der Waals surface area (Å²) in [4.78, 5) is 11.9. The molecule has 0 unspecified atom stereocenters. The van der Waals surface area contributed by atoms with E-state index in [0.717, 1.165) is 5.56 Å². The first kappa shape index (κ1) is 10.3.